The van der Waals surface area contributed by atoms with Crippen molar-refractivity contribution in [1.29, 1.82) is 0 Å². The summed E-state index contributed by atoms with van der Waals surface area (Å²) in [5.74, 6) is 3.87. The zero-order valence-corrected chi connectivity index (χ0v) is 17.6. The van der Waals surface area contributed by atoms with Crippen molar-refractivity contribution < 1.29 is 25.8 Å². The van der Waals surface area contributed by atoms with Crippen LogP contribution >= 0.6 is 0 Å². The van der Waals surface area contributed by atoms with E-state index in [9.17, 15) is 21.6 Å². The van der Waals surface area contributed by atoms with Gasteiger partial charge in [-0.05, 0) is 113 Å². The van der Waals surface area contributed by atoms with Crippen LogP contribution in [0.1, 0.15) is 77.0 Å². The largest absolute Gasteiger partial charge is 0.523 e. The summed E-state index contributed by atoms with van der Waals surface area (Å²) in [5.41, 5.74) is -1.73. The van der Waals surface area contributed by atoms with Gasteiger partial charge in [0.1, 0.15) is 0 Å². The van der Waals surface area contributed by atoms with Crippen molar-refractivity contribution >= 4 is 10.1 Å². The Hall–Kier alpha value is -0.560. The SMILES string of the molecule is O=S(=O)(OC1CCC2C(CCC3C4CCC5CCCC5=C4CCC23)C1)C(F)(F)F. The molecular weight excluding hydrogens is 401 g/mol. The second kappa shape index (κ2) is 7.25. The third-order valence-corrected chi connectivity index (χ3v) is 10.0. The molecule has 0 bridgehead atoms. The molecule has 0 aromatic rings. The zero-order valence-electron chi connectivity index (χ0n) is 16.8. The molecule has 0 aromatic heterocycles. The highest BCUT2D eigenvalue weighted by Crippen LogP contribution is 2.59. The molecule has 5 aliphatic rings. The van der Waals surface area contributed by atoms with Crippen molar-refractivity contribution in [2.24, 2.45) is 35.5 Å². The zero-order chi connectivity index (χ0) is 20.4. The fraction of sp³-hybridized carbons (Fsp3) is 0.909. The first kappa shape index (κ1) is 20.3. The standard InChI is InChI=1S/C22H31F3O3S/c23-22(24,25)29(26,27)28-15-6-9-17-14(12-15)5-8-21-19(17)11-10-18-16-3-1-2-13(16)4-7-20(18)21/h13-15,17,19-21H,1-12H2. The van der Waals surface area contributed by atoms with Crippen LogP contribution in [0.3, 0.4) is 0 Å². The lowest BCUT2D eigenvalue weighted by molar-refractivity contribution is -0.0653. The van der Waals surface area contributed by atoms with Crippen LogP contribution in [0.25, 0.3) is 0 Å². The van der Waals surface area contributed by atoms with E-state index in [1.165, 1.54) is 44.9 Å². The third-order valence-electron chi connectivity index (χ3n) is 8.95. The number of rotatable bonds is 2. The average Bonchev–Trinajstić information content (AvgIpc) is 3.15. The monoisotopic (exact) mass is 432 g/mol. The highest BCUT2D eigenvalue weighted by atomic mass is 32.2. The Bertz CT molecular complexity index is 788. The maximum absolute atomic E-state index is 12.7. The molecule has 7 unspecified atom stereocenters. The minimum atomic E-state index is -5.49. The Kier molecular flexibility index (Phi) is 5.09. The maximum Gasteiger partial charge on any atom is 0.523 e. The highest BCUT2D eigenvalue weighted by Gasteiger charge is 2.52. The highest BCUT2D eigenvalue weighted by molar-refractivity contribution is 7.87. The topological polar surface area (TPSA) is 43.4 Å². The van der Waals surface area contributed by atoms with Crippen molar-refractivity contribution in [2.45, 2.75) is 88.7 Å². The molecule has 0 amide bonds. The van der Waals surface area contributed by atoms with Crippen LogP contribution in [0.2, 0.25) is 0 Å². The summed E-state index contributed by atoms with van der Waals surface area (Å²) < 4.78 is 65.4. The Balaban J connectivity index is 1.28. The molecule has 0 saturated heterocycles. The summed E-state index contributed by atoms with van der Waals surface area (Å²) >= 11 is 0. The number of fused-ring (bicyclic) bond motifs is 6. The van der Waals surface area contributed by atoms with E-state index < -0.39 is 21.7 Å². The number of hydrogen-bond donors (Lipinski definition) is 0. The molecule has 5 rings (SSSR count). The molecule has 0 N–H and O–H groups in total. The van der Waals surface area contributed by atoms with Crippen LogP contribution in [-0.4, -0.2) is 20.0 Å². The summed E-state index contributed by atoms with van der Waals surface area (Å²) in [4.78, 5) is 0. The average molecular weight is 433 g/mol. The molecule has 164 valence electrons. The Morgan fingerprint density at radius 2 is 1.59 bits per heavy atom. The van der Waals surface area contributed by atoms with Gasteiger partial charge in [-0.1, -0.05) is 11.1 Å². The molecule has 4 fully saturated rings. The van der Waals surface area contributed by atoms with E-state index in [0.29, 0.717) is 30.6 Å². The molecule has 7 atom stereocenters. The maximum atomic E-state index is 12.7. The molecule has 3 nitrogen and oxygen atoms in total. The van der Waals surface area contributed by atoms with Crippen LogP contribution in [0.15, 0.2) is 11.1 Å². The predicted octanol–water partition coefficient (Wildman–Crippen LogP) is 5.96. The molecule has 0 spiro atoms. The number of halogens is 3. The van der Waals surface area contributed by atoms with Gasteiger partial charge in [-0.3, -0.25) is 4.18 Å². The van der Waals surface area contributed by atoms with Gasteiger partial charge >= 0.3 is 15.6 Å². The van der Waals surface area contributed by atoms with Crippen LogP contribution in [0.4, 0.5) is 13.2 Å². The molecule has 4 saturated carbocycles. The molecule has 7 heteroatoms. The first-order chi connectivity index (χ1) is 13.7. The van der Waals surface area contributed by atoms with Crippen LogP contribution in [0, 0.1) is 35.5 Å². The van der Waals surface area contributed by atoms with E-state index in [4.69, 9.17) is 0 Å². The smallest absolute Gasteiger partial charge is 0.260 e. The number of hydrogen-bond acceptors (Lipinski definition) is 3. The van der Waals surface area contributed by atoms with Gasteiger partial charge in [-0.15, -0.1) is 0 Å². The van der Waals surface area contributed by atoms with Crippen molar-refractivity contribution in [2.75, 3.05) is 0 Å². The van der Waals surface area contributed by atoms with Gasteiger partial charge in [0.15, 0.2) is 0 Å². The first-order valence-electron chi connectivity index (χ1n) is 11.5. The molecule has 0 heterocycles. The van der Waals surface area contributed by atoms with E-state index in [-0.39, 0.29) is 0 Å². The Labute approximate surface area is 171 Å². The lowest BCUT2D eigenvalue weighted by atomic mass is 9.52. The van der Waals surface area contributed by atoms with Crippen molar-refractivity contribution in [3.63, 3.8) is 0 Å². The predicted molar refractivity (Wildman–Crippen MR) is 103 cm³/mol. The second-order valence-corrected chi connectivity index (χ2v) is 11.7. The summed E-state index contributed by atoms with van der Waals surface area (Å²) in [5, 5.41) is 0. The quantitative estimate of drug-likeness (QED) is 0.307. The van der Waals surface area contributed by atoms with Gasteiger partial charge < -0.3 is 0 Å². The molecule has 0 aliphatic heterocycles. The lowest BCUT2D eigenvalue weighted by Gasteiger charge is -2.53. The van der Waals surface area contributed by atoms with Gasteiger partial charge in [0.25, 0.3) is 0 Å². The van der Waals surface area contributed by atoms with E-state index >= 15 is 0 Å². The fourth-order valence-corrected chi connectivity index (χ4v) is 8.56. The van der Waals surface area contributed by atoms with Crippen LogP contribution in [0.5, 0.6) is 0 Å². The molecule has 0 radical (unpaired) electrons. The summed E-state index contributed by atoms with van der Waals surface area (Å²) in [6.45, 7) is 0. The van der Waals surface area contributed by atoms with Gasteiger partial charge in [0.05, 0.1) is 6.10 Å². The third kappa shape index (κ3) is 3.48. The Morgan fingerprint density at radius 1 is 0.793 bits per heavy atom. The normalized spacial score (nSPS) is 42.7. The number of alkyl halides is 3. The number of allylic oxidation sites excluding steroid dienone is 2. The first-order valence-corrected chi connectivity index (χ1v) is 12.9. The molecular formula is C22H31F3O3S. The van der Waals surface area contributed by atoms with E-state index in [1.807, 2.05) is 0 Å². The minimum Gasteiger partial charge on any atom is -0.260 e. The summed E-state index contributed by atoms with van der Waals surface area (Å²) in [6, 6.07) is 0. The van der Waals surface area contributed by atoms with Crippen LogP contribution in [-0.2, 0) is 14.3 Å². The molecule has 5 aliphatic carbocycles. The minimum absolute atomic E-state index is 0.315. The van der Waals surface area contributed by atoms with E-state index in [0.717, 1.165) is 37.0 Å². The van der Waals surface area contributed by atoms with Gasteiger partial charge in [-0.25, -0.2) is 0 Å². The molecule has 0 aromatic carbocycles. The second-order valence-electron chi connectivity index (χ2n) is 10.1. The van der Waals surface area contributed by atoms with Crippen molar-refractivity contribution in [3.8, 4) is 0 Å². The van der Waals surface area contributed by atoms with Gasteiger partial charge in [-0.2, -0.15) is 21.6 Å². The van der Waals surface area contributed by atoms with Gasteiger partial charge in [0.2, 0.25) is 0 Å². The summed E-state index contributed by atoms with van der Waals surface area (Å²) in [6.07, 6.45) is 12.2. The fourth-order valence-electron chi connectivity index (χ4n) is 7.92. The summed E-state index contributed by atoms with van der Waals surface area (Å²) in [7, 11) is -5.49. The lowest BCUT2D eigenvalue weighted by Crippen LogP contribution is -2.46. The molecule has 29 heavy (non-hydrogen) atoms. The van der Waals surface area contributed by atoms with Crippen molar-refractivity contribution in [3.05, 3.63) is 11.1 Å². The van der Waals surface area contributed by atoms with Crippen LogP contribution < -0.4 is 0 Å². The van der Waals surface area contributed by atoms with E-state index in [2.05, 4.69) is 4.18 Å². The van der Waals surface area contributed by atoms with Crippen molar-refractivity contribution in [1.82, 2.24) is 0 Å². The van der Waals surface area contributed by atoms with E-state index in [1.54, 1.807) is 11.1 Å². The Morgan fingerprint density at radius 3 is 2.38 bits per heavy atom. The van der Waals surface area contributed by atoms with Gasteiger partial charge in [0, 0.05) is 0 Å².